The van der Waals surface area contributed by atoms with Gasteiger partial charge < -0.3 is 9.47 Å². The van der Waals surface area contributed by atoms with Gasteiger partial charge in [0.05, 0.1) is 19.1 Å². The molecule has 4 heteroatoms. The summed E-state index contributed by atoms with van der Waals surface area (Å²) < 4.78 is 12.1. The Morgan fingerprint density at radius 1 is 1.50 bits per heavy atom. The first kappa shape index (κ1) is 12.2. The molecule has 1 aliphatic heterocycles. The van der Waals surface area contributed by atoms with Gasteiger partial charge in [-0.1, -0.05) is 15.9 Å². The van der Waals surface area contributed by atoms with Crippen LogP contribution in [0.2, 0.25) is 0 Å². The standard InChI is InChI=1S/C12H14BrClO2/c13-11-1-2-12(10(5-11)6-14)16-8-9-3-4-15-7-9/h1-2,5,9H,3-4,6-8H2. The third kappa shape index (κ3) is 3.12. The van der Waals surface area contributed by atoms with Crippen molar-refractivity contribution >= 4 is 27.5 Å². The Balaban J connectivity index is 1.97. The quantitative estimate of drug-likeness (QED) is 0.791. The molecule has 0 bridgehead atoms. The zero-order valence-corrected chi connectivity index (χ0v) is 11.3. The minimum Gasteiger partial charge on any atom is -0.493 e. The van der Waals surface area contributed by atoms with E-state index in [1.165, 1.54) is 0 Å². The molecule has 1 aliphatic rings. The van der Waals surface area contributed by atoms with Crippen molar-refractivity contribution in [2.24, 2.45) is 5.92 Å². The van der Waals surface area contributed by atoms with E-state index in [9.17, 15) is 0 Å². The Bertz CT molecular complexity index is 351. The van der Waals surface area contributed by atoms with Crippen molar-refractivity contribution in [3.8, 4) is 5.75 Å². The molecule has 2 rings (SSSR count). The van der Waals surface area contributed by atoms with Gasteiger partial charge in [-0.15, -0.1) is 11.6 Å². The highest BCUT2D eigenvalue weighted by Gasteiger charge is 2.16. The average Bonchev–Trinajstić information content (AvgIpc) is 2.80. The number of hydrogen-bond acceptors (Lipinski definition) is 2. The number of alkyl halides is 1. The minimum absolute atomic E-state index is 0.468. The Kier molecular flexibility index (Phi) is 4.50. The van der Waals surface area contributed by atoms with Gasteiger partial charge in [-0.25, -0.2) is 0 Å². The Hall–Kier alpha value is -0.250. The van der Waals surface area contributed by atoms with Crippen LogP contribution in [0.25, 0.3) is 0 Å². The lowest BCUT2D eigenvalue weighted by Gasteiger charge is -2.13. The Morgan fingerprint density at radius 3 is 3.06 bits per heavy atom. The summed E-state index contributed by atoms with van der Waals surface area (Å²) in [6, 6.07) is 5.92. The molecule has 16 heavy (non-hydrogen) atoms. The number of ether oxygens (including phenoxy) is 2. The predicted octanol–water partition coefficient (Wildman–Crippen LogP) is 3.60. The molecule has 0 aliphatic carbocycles. The summed E-state index contributed by atoms with van der Waals surface area (Å²) in [6.45, 7) is 2.38. The Morgan fingerprint density at radius 2 is 2.38 bits per heavy atom. The molecule has 0 aromatic heterocycles. The summed E-state index contributed by atoms with van der Waals surface area (Å²) in [6.07, 6.45) is 1.09. The highest BCUT2D eigenvalue weighted by Crippen LogP contribution is 2.25. The molecule has 2 nitrogen and oxygen atoms in total. The van der Waals surface area contributed by atoms with Gasteiger partial charge >= 0.3 is 0 Å². The molecule has 0 N–H and O–H groups in total. The Labute approximate surface area is 109 Å². The molecule has 0 radical (unpaired) electrons. The van der Waals surface area contributed by atoms with Crippen molar-refractivity contribution in [1.29, 1.82) is 0 Å². The lowest BCUT2D eigenvalue weighted by molar-refractivity contribution is 0.167. The van der Waals surface area contributed by atoms with Gasteiger partial charge in [0.1, 0.15) is 5.75 Å². The molecule has 1 aromatic rings. The van der Waals surface area contributed by atoms with E-state index in [4.69, 9.17) is 21.1 Å². The van der Waals surface area contributed by atoms with Crippen LogP contribution in [0.1, 0.15) is 12.0 Å². The van der Waals surface area contributed by atoms with Gasteiger partial charge in [0, 0.05) is 22.6 Å². The van der Waals surface area contributed by atoms with Crippen LogP contribution in [0, 0.1) is 5.92 Å². The molecule has 1 atom stereocenters. The van der Waals surface area contributed by atoms with Crippen LogP contribution in [0.5, 0.6) is 5.75 Å². The third-order valence-corrected chi connectivity index (χ3v) is 3.45. The molecule has 1 aromatic carbocycles. The maximum Gasteiger partial charge on any atom is 0.123 e. The average molecular weight is 306 g/mol. The monoisotopic (exact) mass is 304 g/mol. The highest BCUT2D eigenvalue weighted by atomic mass is 79.9. The van der Waals surface area contributed by atoms with Crippen molar-refractivity contribution in [1.82, 2.24) is 0 Å². The van der Waals surface area contributed by atoms with Crippen LogP contribution in [0.4, 0.5) is 0 Å². The topological polar surface area (TPSA) is 18.5 Å². The van der Waals surface area contributed by atoms with Crippen molar-refractivity contribution in [3.63, 3.8) is 0 Å². The first-order chi connectivity index (χ1) is 7.79. The van der Waals surface area contributed by atoms with Crippen molar-refractivity contribution in [3.05, 3.63) is 28.2 Å². The summed E-state index contributed by atoms with van der Waals surface area (Å²) in [4.78, 5) is 0. The second-order valence-corrected chi connectivity index (χ2v) is 5.11. The number of halogens is 2. The van der Waals surface area contributed by atoms with E-state index in [0.29, 0.717) is 18.4 Å². The maximum atomic E-state index is 5.87. The van der Waals surface area contributed by atoms with Gasteiger partial charge in [0.2, 0.25) is 0 Å². The second kappa shape index (κ2) is 5.89. The molecule has 88 valence electrons. The largest absolute Gasteiger partial charge is 0.493 e. The zero-order valence-electron chi connectivity index (χ0n) is 8.92. The first-order valence-electron chi connectivity index (χ1n) is 5.34. The number of hydrogen-bond donors (Lipinski definition) is 0. The van der Waals surface area contributed by atoms with E-state index in [2.05, 4.69) is 15.9 Å². The van der Waals surface area contributed by atoms with Crippen LogP contribution in [0.3, 0.4) is 0 Å². The van der Waals surface area contributed by atoms with E-state index in [-0.39, 0.29) is 0 Å². The number of benzene rings is 1. The van der Waals surface area contributed by atoms with Crippen LogP contribution in [-0.4, -0.2) is 19.8 Å². The fraction of sp³-hybridized carbons (Fsp3) is 0.500. The molecule has 1 heterocycles. The van der Waals surface area contributed by atoms with E-state index in [1.54, 1.807) is 0 Å². The van der Waals surface area contributed by atoms with Crippen molar-refractivity contribution < 1.29 is 9.47 Å². The molecule has 1 fully saturated rings. The summed E-state index contributed by atoms with van der Waals surface area (Å²) >= 11 is 9.29. The summed E-state index contributed by atoms with van der Waals surface area (Å²) in [5, 5.41) is 0. The molecule has 0 saturated carbocycles. The summed E-state index contributed by atoms with van der Waals surface area (Å²) in [5.41, 5.74) is 1.02. The fourth-order valence-corrected chi connectivity index (χ4v) is 2.33. The van der Waals surface area contributed by atoms with Crippen LogP contribution in [-0.2, 0) is 10.6 Å². The third-order valence-electron chi connectivity index (χ3n) is 2.67. The maximum absolute atomic E-state index is 5.87. The summed E-state index contributed by atoms with van der Waals surface area (Å²) in [5.74, 6) is 1.87. The van der Waals surface area contributed by atoms with Gasteiger partial charge in [-0.2, -0.15) is 0 Å². The fourth-order valence-electron chi connectivity index (χ4n) is 1.72. The lowest BCUT2D eigenvalue weighted by atomic mass is 10.1. The predicted molar refractivity (Wildman–Crippen MR) is 68.1 cm³/mol. The normalized spacial score (nSPS) is 20.0. The van der Waals surface area contributed by atoms with Crippen LogP contribution < -0.4 is 4.74 Å². The highest BCUT2D eigenvalue weighted by molar-refractivity contribution is 9.10. The molecule has 1 saturated heterocycles. The molecule has 1 unspecified atom stereocenters. The smallest absolute Gasteiger partial charge is 0.123 e. The van der Waals surface area contributed by atoms with Gasteiger partial charge in [0.25, 0.3) is 0 Å². The van der Waals surface area contributed by atoms with Gasteiger partial charge in [-0.3, -0.25) is 0 Å². The zero-order chi connectivity index (χ0) is 11.4. The van der Waals surface area contributed by atoms with Gasteiger partial charge in [0.15, 0.2) is 0 Å². The van der Waals surface area contributed by atoms with E-state index in [1.807, 2.05) is 18.2 Å². The van der Waals surface area contributed by atoms with Gasteiger partial charge in [-0.05, 0) is 24.6 Å². The lowest BCUT2D eigenvalue weighted by Crippen LogP contribution is -2.12. The van der Waals surface area contributed by atoms with E-state index in [0.717, 1.165) is 35.4 Å². The van der Waals surface area contributed by atoms with Crippen molar-refractivity contribution in [2.75, 3.05) is 19.8 Å². The molecule has 0 spiro atoms. The minimum atomic E-state index is 0.468. The number of rotatable bonds is 4. The molecule has 0 amide bonds. The SMILES string of the molecule is ClCc1cc(Br)ccc1OCC1CCOC1. The first-order valence-corrected chi connectivity index (χ1v) is 6.67. The van der Waals surface area contributed by atoms with Crippen LogP contribution >= 0.6 is 27.5 Å². The van der Waals surface area contributed by atoms with Crippen molar-refractivity contribution in [2.45, 2.75) is 12.3 Å². The van der Waals surface area contributed by atoms with E-state index < -0.39 is 0 Å². The summed E-state index contributed by atoms with van der Waals surface area (Å²) in [7, 11) is 0. The van der Waals surface area contributed by atoms with E-state index >= 15 is 0 Å². The second-order valence-electron chi connectivity index (χ2n) is 3.93. The molecular formula is C12H14BrClO2. The molecular weight excluding hydrogens is 291 g/mol. The van der Waals surface area contributed by atoms with Crippen LogP contribution in [0.15, 0.2) is 22.7 Å².